The predicted molar refractivity (Wildman–Crippen MR) is 112 cm³/mol. The lowest BCUT2D eigenvalue weighted by Gasteiger charge is -2.14. The molecule has 1 atom stereocenters. The molecule has 7 heteroatoms. The van der Waals surface area contributed by atoms with Gasteiger partial charge in [-0.3, -0.25) is 19.3 Å². The highest BCUT2D eigenvalue weighted by Crippen LogP contribution is 2.26. The molecule has 29 heavy (non-hydrogen) atoms. The van der Waals surface area contributed by atoms with Gasteiger partial charge >= 0.3 is 0 Å². The van der Waals surface area contributed by atoms with Crippen LogP contribution in [0.25, 0.3) is 11.0 Å². The van der Waals surface area contributed by atoms with Gasteiger partial charge in [-0.25, -0.2) is 0 Å². The van der Waals surface area contributed by atoms with Crippen molar-refractivity contribution in [3.8, 4) is 0 Å². The van der Waals surface area contributed by atoms with Crippen molar-refractivity contribution in [2.45, 2.75) is 25.8 Å². The average Bonchev–Trinajstić information content (AvgIpc) is 3.23. The van der Waals surface area contributed by atoms with Crippen LogP contribution < -0.4 is 5.32 Å². The molecule has 2 heterocycles. The predicted octanol–water partition coefficient (Wildman–Crippen LogP) is 4.45. The van der Waals surface area contributed by atoms with Crippen LogP contribution in [0.2, 0.25) is 0 Å². The largest absolute Gasteiger partial charge is 0.459 e. The van der Waals surface area contributed by atoms with E-state index in [2.05, 4.69) is 21.2 Å². The molecule has 1 unspecified atom stereocenters. The summed E-state index contributed by atoms with van der Waals surface area (Å²) in [5.41, 5.74) is 1.58. The van der Waals surface area contributed by atoms with Gasteiger partial charge in [-0.05, 0) is 43.7 Å². The molecule has 1 aliphatic rings. The first-order valence-electron chi connectivity index (χ1n) is 9.37. The molecular weight excluding hydrogens is 436 g/mol. The van der Waals surface area contributed by atoms with Gasteiger partial charge in [-0.15, -0.1) is 0 Å². The number of furan rings is 1. The minimum absolute atomic E-state index is 0.155. The third kappa shape index (κ3) is 3.82. The Morgan fingerprint density at radius 1 is 1.10 bits per heavy atom. The summed E-state index contributed by atoms with van der Waals surface area (Å²) in [6, 6.07) is 14.3. The van der Waals surface area contributed by atoms with Crippen LogP contribution in [-0.4, -0.2) is 29.2 Å². The second kappa shape index (κ2) is 7.83. The maximum Gasteiger partial charge on any atom is 0.261 e. The third-order valence-corrected chi connectivity index (χ3v) is 5.46. The number of benzene rings is 2. The molecule has 148 valence electrons. The van der Waals surface area contributed by atoms with Crippen molar-refractivity contribution < 1.29 is 18.8 Å². The van der Waals surface area contributed by atoms with Crippen LogP contribution in [0.15, 0.2) is 57.4 Å². The van der Waals surface area contributed by atoms with Gasteiger partial charge < -0.3 is 9.73 Å². The summed E-state index contributed by atoms with van der Waals surface area (Å²) < 4.78 is 6.52. The first kappa shape index (κ1) is 19.4. The van der Waals surface area contributed by atoms with E-state index in [1.807, 2.05) is 37.3 Å². The van der Waals surface area contributed by atoms with Gasteiger partial charge in [0.2, 0.25) is 5.91 Å². The molecule has 0 spiro atoms. The number of nitrogens with one attached hydrogen (secondary N) is 1. The van der Waals surface area contributed by atoms with Crippen LogP contribution in [0, 0.1) is 0 Å². The number of halogens is 1. The Morgan fingerprint density at radius 2 is 1.86 bits per heavy atom. The molecule has 0 radical (unpaired) electrons. The van der Waals surface area contributed by atoms with Gasteiger partial charge in [0, 0.05) is 22.8 Å². The Balaban J connectivity index is 1.31. The van der Waals surface area contributed by atoms with E-state index in [0.717, 1.165) is 15.4 Å². The third-order valence-electron chi connectivity index (χ3n) is 4.97. The Kier molecular flexibility index (Phi) is 5.24. The Labute approximate surface area is 176 Å². The van der Waals surface area contributed by atoms with E-state index in [4.69, 9.17) is 4.42 Å². The van der Waals surface area contributed by atoms with Crippen LogP contribution in [0.1, 0.15) is 52.3 Å². The minimum atomic E-state index is -0.317. The molecule has 0 saturated carbocycles. The van der Waals surface area contributed by atoms with E-state index >= 15 is 0 Å². The number of hydrogen-bond donors (Lipinski definition) is 1. The van der Waals surface area contributed by atoms with Crippen LogP contribution in [0.3, 0.4) is 0 Å². The number of carbonyl (C=O) groups is 3. The number of nitrogens with zero attached hydrogens (tertiary/aromatic N) is 1. The summed E-state index contributed by atoms with van der Waals surface area (Å²) in [5, 5.41) is 3.89. The van der Waals surface area contributed by atoms with Crippen LogP contribution in [0.4, 0.5) is 0 Å². The highest BCUT2D eigenvalue weighted by molar-refractivity contribution is 9.10. The second-order valence-corrected chi connectivity index (χ2v) is 7.95. The van der Waals surface area contributed by atoms with Gasteiger partial charge in [0.15, 0.2) is 0 Å². The maximum absolute atomic E-state index is 12.5. The number of para-hydroxylation sites is 1. The highest BCUT2D eigenvalue weighted by atomic mass is 79.9. The van der Waals surface area contributed by atoms with E-state index in [1.165, 1.54) is 4.90 Å². The minimum Gasteiger partial charge on any atom is -0.459 e. The van der Waals surface area contributed by atoms with E-state index in [9.17, 15) is 14.4 Å². The van der Waals surface area contributed by atoms with Gasteiger partial charge in [-0.1, -0.05) is 34.1 Å². The standard InChI is InChI=1S/C22H19BrN2O4/c1-13(19-11-14-5-2-3-6-18(14)29-19)24-20(26)7-4-10-25-21(27)16-9-8-15(23)12-17(16)22(25)28/h2-3,5-6,8-9,11-13H,4,7,10H2,1H3,(H,24,26). The number of rotatable bonds is 6. The van der Waals surface area contributed by atoms with Gasteiger partial charge in [-0.2, -0.15) is 0 Å². The van der Waals surface area contributed by atoms with Crippen LogP contribution in [0.5, 0.6) is 0 Å². The zero-order valence-corrected chi connectivity index (χ0v) is 17.4. The molecule has 2 aromatic carbocycles. The van der Waals surface area contributed by atoms with E-state index in [-0.39, 0.29) is 36.7 Å². The van der Waals surface area contributed by atoms with Crippen molar-refractivity contribution in [2.75, 3.05) is 6.54 Å². The number of imide groups is 1. The first-order valence-corrected chi connectivity index (χ1v) is 10.2. The summed E-state index contributed by atoms with van der Waals surface area (Å²) >= 11 is 3.31. The van der Waals surface area contributed by atoms with Crippen LogP contribution in [-0.2, 0) is 4.79 Å². The van der Waals surface area contributed by atoms with Crippen molar-refractivity contribution >= 4 is 44.6 Å². The normalized spacial score (nSPS) is 14.3. The fourth-order valence-electron chi connectivity index (χ4n) is 3.46. The van der Waals surface area contributed by atoms with Gasteiger partial charge in [0.25, 0.3) is 11.8 Å². The summed E-state index contributed by atoms with van der Waals surface area (Å²) in [4.78, 5) is 38.4. The Bertz CT molecular complexity index is 1090. The van der Waals surface area contributed by atoms with Crippen molar-refractivity contribution in [3.05, 3.63) is 69.9 Å². The first-order chi connectivity index (χ1) is 13.9. The van der Waals surface area contributed by atoms with Crippen molar-refractivity contribution in [2.24, 2.45) is 0 Å². The zero-order valence-electron chi connectivity index (χ0n) is 15.8. The molecule has 0 aliphatic carbocycles. The summed E-state index contributed by atoms with van der Waals surface area (Å²) in [6.07, 6.45) is 0.604. The van der Waals surface area contributed by atoms with Crippen molar-refractivity contribution in [1.29, 1.82) is 0 Å². The quantitative estimate of drug-likeness (QED) is 0.557. The maximum atomic E-state index is 12.5. The average molecular weight is 455 g/mol. The topological polar surface area (TPSA) is 79.6 Å². The second-order valence-electron chi connectivity index (χ2n) is 7.03. The van der Waals surface area contributed by atoms with E-state index < -0.39 is 0 Å². The lowest BCUT2D eigenvalue weighted by atomic mass is 10.1. The zero-order chi connectivity index (χ0) is 20.5. The number of amides is 3. The molecule has 1 aromatic heterocycles. The monoisotopic (exact) mass is 454 g/mol. The molecule has 1 N–H and O–H groups in total. The highest BCUT2D eigenvalue weighted by Gasteiger charge is 2.35. The fourth-order valence-corrected chi connectivity index (χ4v) is 3.83. The molecular formula is C22H19BrN2O4. The van der Waals surface area contributed by atoms with Gasteiger partial charge in [0.1, 0.15) is 11.3 Å². The molecule has 0 bridgehead atoms. The number of hydrogen-bond acceptors (Lipinski definition) is 4. The molecule has 0 saturated heterocycles. The number of carbonyl (C=O) groups excluding carboxylic acids is 3. The van der Waals surface area contributed by atoms with E-state index in [1.54, 1.807) is 18.2 Å². The van der Waals surface area contributed by atoms with Crippen molar-refractivity contribution in [1.82, 2.24) is 10.2 Å². The lowest BCUT2D eigenvalue weighted by molar-refractivity contribution is -0.122. The summed E-state index contributed by atoms with van der Waals surface area (Å²) in [7, 11) is 0. The summed E-state index contributed by atoms with van der Waals surface area (Å²) in [5.74, 6) is -0.0984. The molecule has 1 aliphatic heterocycles. The Morgan fingerprint density at radius 3 is 2.66 bits per heavy atom. The molecule has 0 fully saturated rings. The SMILES string of the molecule is CC(NC(=O)CCCN1C(=O)c2ccc(Br)cc2C1=O)c1cc2ccccc2o1. The van der Waals surface area contributed by atoms with Gasteiger partial charge in [0.05, 0.1) is 17.2 Å². The fraction of sp³-hybridized carbons (Fsp3) is 0.227. The van der Waals surface area contributed by atoms with E-state index in [0.29, 0.717) is 23.3 Å². The molecule has 6 nitrogen and oxygen atoms in total. The summed E-state index contributed by atoms with van der Waals surface area (Å²) in [6.45, 7) is 2.06. The molecule has 3 amide bonds. The molecule has 4 rings (SSSR count). The van der Waals surface area contributed by atoms with Crippen LogP contribution >= 0.6 is 15.9 Å². The molecule has 3 aromatic rings. The van der Waals surface area contributed by atoms with Crippen molar-refractivity contribution in [3.63, 3.8) is 0 Å². The smallest absolute Gasteiger partial charge is 0.261 e. The Hall–Kier alpha value is -2.93. The lowest BCUT2D eigenvalue weighted by Crippen LogP contribution is -2.32. The number of fused-ring (bicyclic) bond motifs is 2.